The van der Waals surface area contributed by atoms with E-state index in [9.17, 15) is 14.0 Å². The highest BCUT2D eigenvalue weighted by Gasteiger charge is 2.32. The van der Waals surface area contributed by atoms with Crippen LogP contribution in [0.2, 0.25) is 5.02 Å². The maximum atomic E-state index is 13.7. The number of hydrogen-bond donors (Lipinski definition) is 1. The van der Waals surface area contributed by atoms with Crippen LogP contribution in [0, 0.1) is 11.7 Å². The summed E-state index contributed by atoms with van der Waals surface area (Å²) < 4.78 is 19.3. The van der Waals surface area contributed by atoms with Crippen LogP contribution in [0.5, 0.6) is 5.75 Å². The van der Waals surface area contributed by atoms with Crippen LogP contribution < -0.4 is 15.0 Å². The number of halogens is 2. The number of nitrogens with one attached hydrogen (secondary N) is 1. The van der Waals surface area contributed by atoms with E-state index in [1.807, 2.05) is 0 Å². The van der Waals surface area contributed by atoms with E-state index in [0.717, 1.165) is 0 Å². The molecule has 3 amide bonds. The van der Waals surface area contributed by atoms with Gasteiger partial charge < -0.3 is 15.0 Å². The van der Waals surface area contributed by atoms with Gasteiger partial charge in [-0.05, 0) is 37.1 Å². The lowest BCUT2D eigenvalue weighted by Crippen LogP contribution is -2.50. The topological polar surface area (TPSA) is 61.9 Å². The van der Waals surface area contributed by atoms with E-state index < -0.39 is 0 Å². The van der Waals surface area contributed by atoms with Crippen LogP contribution in [0.4, 0.5) is 14.9 Å². The standard InChI is InChI=1S/C22H23ClFN3O3/c23-17-5-6-20-19(13-17)27(11-12-30-20)22(29)26-9-7-15(8-10-26)21(28)25-14-16-3-1-2-4-18(16)24/h1-6,13,15H,7-12,14H2,(H,25,28). The molecule has 6 nitrogen and oxygen atoms in total. The second kappa shape index (κ2) is 8.92. The summed E-state index contributed by atoms with van der Waals surface area (Å²) in [7, 11) is 0. The van der Waals surface area contributed by atoms with E-state index in [1.165, 1.54) is 6.07 Å². The molecule has 1 saturated heterocycles. The minimum atomic E-state index is -0.330. The molecule has 1 fully saturated rings. The Hall–Kier alpha value is -2.80. The van der Waals surface area contributed by atoms with Crippen LogP contribution in [0.15, 0.2) is 42.5 Å². The molecule has 8 heteroatoms. The van der Waals surface area contributed by atoms with E-state index in [2.05, 4.69) is 5.32 Å². The molecule has 1 N–H and O–H groups in total. The Kier molecular flexibility index (Phi) is 6.08. The summed E-state index contributed by atoms with van der Waals surface area (Å²) in [5.41, 5.74) is 1.13. The van der Waals surface area contributed by atoms with Crippen molar-refractivity contribution in [3.05, 3.63) is 58.9 Å². The average Bonchev–Trinajstić information content (AvgIpc) is 2.77. The first-order chi connectivity index (χ1) is 14.5. The predicted molar refractivity (Wildman–Crippen MR) is 112 cm³/mol. The van der Waals surface area contributed by atoms with Gasteiger partial charge in [-0.3, -0.25) is 9.69 Å². The number of urea groups is 1. The van der Waals surface area contributed by atoms with Crippen molar-refractivity contribution in [2.24, 2.45) is 5.92 Å². The Morgan fingerprint density at radius 1 is 1.13 bits per heavy atom. The number of anilines is 1. The highest BCUT2D eigenvalue weighted by Crippen LogP contribution is 2.35. The maximum Gasteiger partial charge on any atom is 0.324 e. The Bertz CT molecular complexity index is 947. The summed E-state index contributed by atoms with van der Waals surface area (Å²) in [6.07, 6.45) is 1.14. The summed E-state index contributed by atoms with van der Waals surface area (Å²) in [6, 6.07) is 11.5. The number of piperidine rings is 1. The van der Waals surface area contributed by atoms with Gasteiger partial charge >= 0.3 is 6.03 Å². The third kappa shape index (κ3) is 4.36. The molecule has 0 atom stereocenters. The minimum Gasteiger partial charge on any atom is -0.490 e. The van der Waals surface area contributed by atoms with Gasteiger partial charge in [-0.2, -0.15) is 0 Å². The molecule has 2 aliphatic heterocycles. The summed E-state index contributed by atoms with van der Waals surface area (Å²) in [4.78, 5) is 29.0. The van der Waals surface area contributed by atoms with E-state index in [0.29, 0.717) is 61.1 Å². The van der Waals surface area contributed by atoms with Crippen molar-refractivity contribution >= 4 is 29.2 Å². The number of benzene rings is 2. The number of carbonyl (C=O) groups is 2. The number of amides is 3. The average molecular weight is 432 g/mol. The molecule has 2 aromatic carbocycles. The highest BCUT2D eigenvalue weighted by molar-refractivity contribution is 6.31. The van der Waals surface area contributed by atoms with Gasteiger partial charge in [0.25, 0.3) is 0 Å². The second-order valence-electron chi connectivity index (χ2n) is 7.47. The van der Waals surface area contributed by atoms with E-state index in [-0.39, 0.29) is 30.2 Å². The van der Waals surface area contributed by atoms with Crippen LogP contribution in [0.1, 0.15) is 18.4 Å². The van der Waals surface area contributed by atoms with Gasteiger partial charge in [0, 0.05) is 36.1 Å². The maximum absolute atomic E-state index is 13.7. The molecule has 0 saturated carbocycles. The molecule has 2 aromatic rings. The molecule has 0 spiro atoms. The third-order valence-electron chi connectivity index (χ3n) is 5.56. The summed E-state index contributed by atoms with van der Waals surface area (Å²) in [5.74, 6) is 0.0200. The van der Waals surface area contributed by atoms with Crippen LogP contribution in [0.3, 0.4) is 0 Å². The number of fused-ring (bicyclic) bond motifs is 1. The van der Waals surface area contributed by atoms with Gasteiger partial charge in [-0.25, -0.2) is 9.18 Å². The zero-order valence-corrected chi connectivity index (χ0v) is 17.2. The van der Waals surface area contributed by atoms with Gasteiger partial charge in [0.15, 0.2) is 0 Å². The highest BCUT2D eigenvalue weighted by atomic mass is 35.5. The number of likely N-dealkylation sites (tertiary alicyclic amines) is 1. The fourth-order valence-electron chi connectivity index (χ4n) is 3.86. The predicted octanol–water partition coefficient (Wildman–Crippen LogP) is 3.83. The van der Waals surface area contributed by atoms with E-state index in [1.54, 1.807) is 46.2 Å². The number of carbonyl (C=O) groups excluding carboxylic acids is 2. The smallest absolute Gasteiger partial charge is 0.324 e. The third-order valence-corrected chi connectivity index (χ3v) is 5.80. The zero-order chi connectivity index (χ0) is 21.1. The fraction of sp³-hybridized carbons (Fsp3) is 0.364. The van der Waals surface area contributed by atoms with Crippen molar-refractivity contribution in [3.63, 3.8) is 0 Å². The second-order valence-corrected chi connectivity index (χ2v) is 7.90. The number of nitrogens with zero attached hydrogens (tertiary/aromatic N) is 2. The van der Waals surface area contributed by atoms with Crippen LogP contribution >= 0.6 is 11.6 Å². The van der Waals surface area contributed by atoms with Gasteiger partial charge in [0.1, 0.15) is 18.2 Å². The van der Waals surface area contributed by atoms with Gasteiger partial charge in [0.05, 0.1) is 12.2 Å². The molecule has 2 aliphatic rings. The Balaban J connectivity index is 1.32. The lowest BCUT2D eigenvalue weighted by atomic mass is 9.96. The minimum absolute atomic E-state index is 0.103. The molecule has 30 heavy (non-hydrogen) atoms. The molecule has 2 heterocycles. The molecule has 4 rings (SSSR count). The number of ether oxygens (including phenoxy) is 1. The first-order valence-electron chi connectivity index (χ1n) is 10.0. The Morgan fingerprint density at radius 3 is 2.67 bits per heavy atom. The first-order valence-corrected chi connectivity index (χ1v) is 10.4. The normalized spacial score (nSPS) is 16.6. The first kappa shape index (κ1) is 20.5. The molecule has 0 aromatic heterocycles. The van der Waals surface area contributed by atoms with Crippen molar-refractivity contribution < 1.29 is 18.7 Å². The summed E-state index contributed by atoms with van der Waals surface area (Å²) in [5, 5.41) is 3.36. The van der Waals surface area contributed by atoms with Gasteiger partial charge in [-0.15, -0.1) is 0 Å². The Labute approximate surface area is 179 Å². The van der Waals surface area contributed by atoms with E-state index in [4.69, 9.17) is 16.3 Å². The molecule has 0 bridgehead atoms. The fourth-order valence-corrected chi connectivity index (χ4v) is 4.03. The lowest BCUT2D eigenvalue weighted by molar-refractivity contribution is -0.126. The molecule has 158 valence electrons. The van der Waals surface area contributed by atoms with Crippen LogP contribution in [0.25, 0.3) is 0 Å². The van der Waals surface area contributed by atoms with Crippen molar-refractivity contribution in [3.8, 4) is 5.75 Å². The molecule has 0 radical (unpaired) electrons. The Morgan fingerprint density at radius 2 is 1.90 bits per heavy atom. The SMILES string of the molecule is O=C(NCc1ccccc1F)C1CCN(C(=O)N2CCOc3ccc(Cl)cc32)CC1. The summed E-state index contributed by atoms with van der Waals surface area (Å²) >= 11 is 6.10. The molecule has 0 aliphatic carbocycles. The molecule has 0 unspecified atom stereocenters. The van der Waals surface area contributed by atoms with Crippen molar-refractivity contribution in [2.75, 3.05) is 31.1 Å². The van der Waals surface area contributed by atoms with Crippen molar-refractivity contribution in [1.82, 2.24) is 10.2 Å². The zero-order valence-electron chi connectivity index (χ0n) is 16.4. The van der Waals surface area contributed by atoms with Crippen LogP contribution in [-0.2, 0) is 11.3 Å². The van der Waals surface area contributed by atoms with Gasteiger partial charge in [-0.1, -0.05) is 29.8 Å². The lowest BCUT2D eigenvalue weighted by Gasteiger charge is -2.37. The monoisotopic (exact) mass is 431 g/mol. The number of rotatable bonds is 3. The summed E-state index contributed by atoms with van der Waals surface area (Å²) in [6.45, 7) is 2.02. The van der Waals surface area contributed by atoms with Gasteiger partial charge in [0.2, 0.25) is 5.91 Å². The quantitative estimate of drug-likeness (QED) is 0.803. The molecular formula is C22H23ClFN3O3. The molecular weight excluding hydrogens is 409 g/mol. The number of hydrogen-bond acceptors (Lipinski definition) is 3. The van der Waals surface area contributed by atoms with Crippen molar-refractivity contribution in [2.45, 2.75) is 19.4 Å². The van der Waals surface area contributed by atoms with E-state index >= 15 is 0 Å². The largest absolute Gasteiger partial charge is 0.490 e. The van der Waals surface area contributed by atoms with Crippen molar-refractivity contribution in [1.29, 1.82) is 0 Å². The van der Waals surface area contributed by atoms with Crippen LogP contribution in [-0.4, -0.2) is 43.1 Å².